The summed E-state index contributed by atoms with van der Waals surface area (Å²) in [5.74, 6) is 0.781. The van der Waals surface area contributed by atoms with Crippen LogP contribution in [0.4, 0.5) is 0 Å². The molecule has 1 aliphatic heterocycles. The van der Waals surface area contributed by atoms with Crippen LogP contribution >= 0.6 is 38.6 Å². The zero-order chi connectivity index (χ0) is 17.4. The molecule has 2 aromatic heterocycles. The van der Waals surface area contributed by atoms with E-state index in [-0.39, 0.29) is 11.9 Å². The monoisotopic (exact) mass is 433 g/mol. The lowest BCUT2D eigenvalue weighted by atomic mass is 9.97. The van der Waals surface area contributed by atoms with Crippen LogP contribution in [0.2, 0.25) is 0 Å². The fraction of sp³-hybridized carbons (Fsp3) is 0.211. The second-order valence-corrected chi connectivity index (χ2v) is 8.65. The zero-order valence-electron chi connectivity index (χ0n) is 13.6. The maximum absolute atomic E-state index is 13.3. The lowest BCUT2D eigenvalue weighted by Crippen LogP contribution is -2.39. The third-order valence-electron chi connectivity index (χ3n) is 4.44. The van der Waals surface area contributed by atoms with Crippen molar-refractivity contribution in [3.63, 3.8) is 0 Å². The minimum atomic E-state index is 0.00313. The summed E-state index contributed by atoms with van der Waals surface area (Å²) in [5, 5.41) is 4.20. The highest BCUT2D eigenvalue weighted by Crippen LogP contribution is 2.40. The number of rotatable bonds is 3. The molecule has 3 aromatic rings. The summed E-state index contributed by atoms with van der Waals surface area (Å²) in [6.07, 6.45) is 0.915. The van der Waals surface area contributed by atoms with Gasteiger partial charge in [0.15, 0.2) is 0 Å². The molecule has 0 bridgehead atoms. The van der Waals surface area contributed by atoms with Gasteiger partial charge in [-0.2, -0.15) is 0 Å². The molecule has 0 N–H and O–H groups in total. The van der Waals surface area contributed by atoms with E-state index in [1.807, 2.05) is 29.2 Å². The smallest absolute Gasteiger partial charge is 0.254 e. The van der Waals surface area contributed by atoms with Crippen molar-refractivity contribution in [2.45, 2.75) is 12.5 Å². The Morgan fingerprint density at radius 1 is 1.24 bits per heavy atom. The van der Waals surface area contributed by atoms with E-state index in [0.717, 1.165) is 23.2 Å². The number of hydrogen-bond acceptors (Lipinski definition) is 4. The summed E-state index contributed by atoms with van der Waals surface area (Å²) in [7, 11) is 1.62. The molecule has 0 radical (unpaired) electrons. The molecule has 25 heavy (non-hydrogen) atoms. The molecule has 1 aromatic carbocycles. The maximum Gasteiger partial charge on any atom is 0.254 e. The largest absolute Gasteiger partial charge is 0.496 e. The molecule has 0 saturated heterocycles. The molecule has 6 heteroatoms. The minimum absolute atomic E-state index is 0.00313. The van der Waals surface area contributed by atoms with Gasteiger partial charge in [0.1, 0.15) is 5.75 Å². The molecule has 1 atom stereocenters. The average molecular weight is 434 g/mol. The Kier molecular flexibility index (Phi) is 4.67. The van der Waals surface area contributed by atoms with E-state index in [0.29, 0.717) is 5.56 Å². The molecule has 3 nitrogen and oxygen atoms in total. The summed E-state index contributed by atoms with van der Waals surface area (Å²) in [4.78, 5) is 17.9. The number of nitrogens with zero attached hydrogens (tertiary/aromatic N) is 1. The summed E-state index contributed by atoms with van der Waals surface area (Å²) in [5.41, 5.74) is 1.94. The van der Waals surface area contributed by atoms with Gasteiger partial charge in [0, 0.05) is 21.9 Å². The Morgan fingerprint density at radius 3 is 2.84 bits per heavy atom. The standard InChI is InChI=1S/C19H16BrNO2S2/c1-23-15-5-4-12(11-14(15)20)19(22)21-8-6-16-13(7-10-25-16)18(21)17-3-2-9-24-17/h2-5,7,9-11,18H,6,8H2,1H3/t18-/m1/s1. The first-order valence-electron chi connectivity index (χ1n) is 7.93. The van der Waals surface area contributed by atoms with Crippen molar-refractivity contribution in [3.05, 3.63) is 72.5 Å². The number of carbonyl (C=O) groups excluding carboxylic acids is 1. The molecule has 0 aliphatic carbocycles. The van der Waals surface area contributed by atoms with E-state index < -0.39 is 0 Å². The van der Waals surface area contributed by atoms with E-state index in [9.17, 15) is 4.79 Å². The molecule has 1 aliphatic rings. The first-order chi connectivity index (χ1) is 12.2. The van der Waals surface area contributed by atoms with Gasteiger partial charge in [-0.25, -0.2) is 0 Å². The van der Waals surface area contributed by atoms with Crippen molar-refractivity contribution in [1.82, 2.24) is 4.90 Å². The number of carbonyl (C=O) groups is 1. The second kappa shape index (κ2) is 6.94. The Bertz CT molecular complexity index is 904. The van der Waals surface area contributed by atoms with Gasteiger partial charge in [-0.15, -0.1) is 22.7 Å². The highest BCUT2D eigenvalue weighted by Gasteiger charge is 2.34. The van der Waals surface area contributed by atoms with Gasteiger partial charge in [-0.3, -0.25) is 4.79 Å². The predicted molar refractivity (Wildman–Crippen MR) is 106 cm³/mol. The Hall–Kier alpha value is -1.63. The third-order valence-corrected chi connectivity index (χ3v) is 6.98. The molecule has 1 amide bonds. The van der Waals surface area contributed by atoms with Gasteiger partial charge in [0.25, 0.3) is 5.91 Å². The van der Waals surface area contributed by atoms with Crippen LogP contribution < -0.4 is 4.74 Å². The van der Waals surface area contributed by atoms with Crippen molar-refractivity contribution in [2.24, 2.45) is 0 Å². The SMILES string of the molecule is COc1ccc(C(=O)N2CCc3sccc3[C@@H]2c2cccs2)cc1Br. The van der Waals surface area contributed by atoms with Crippen LogP contribution in [0.5, 0.6) is 5.75 Å². The molecule has 0 unspecified atom stereocenters. The van der Waals surface area contributed by atoms with E-state index >= 15 is 0 Å². The van der Waals surface area contributed by atoms with Crippen molar-refractivity contribution >= 4 is 44.5 Å². The van der Waals surface area contributed by atoms with Crippen molar-refractivity contribution < 1.29 is 9.53 Å². The quantitative estimate of drug-likeness (QED) is 0.555. The van der Waals surface area contributed by atoms with Gasteiger partial charge >= 0.3 is 0 Å². The van der Waals surface area contributed by atoms with Crippen LogP contribution in [-0.4, -0.2) is 24.5 Å². The summed E-state index contributed by atoms with van der Waals surface area (Å²) < 4.78 is 6.07. The van der Waals surface area contributed by atoms with Crippen LogP contribution in [0.3, 0.4) is 0 Å². The van der Waals surface area contributed by atoms with Crippen LogP contribution in [0.1, 0.15) is 31.7 Å². The van der Waals surface area contributed by atoms with Crippen LogP contribution in [0, 0.1) is 0 Å². The third kappa shape index (κ3) is 3.03. The highest BCUT2D eigenvalue weighted by atomic mass is 79.9. The van der Waals surface area contributed by atoms with Gasteiger partial charge < -0.3 is 9.64 Å². The maximum atomic E-state index is 13.3. The van der Waals surface area contributed by atoms with Crippen LogP contribution in [-0.2, 0) is 6.42 Å². The molecule has 4 rings (SSSR count). The Labute approximate surface area is 163 Å². The number of thiophene rings is 2. The normalized spacial score (nSPS) is 16.6. The number of amides is 1. The Morgan fingerprint density at radius 2 is 2.12 bits per heavy atom. The van der Waals surface area contributed by atoms with E-state index in [4.69, 9.17) is 4.74 Å². The topological polar surface area (TPSA) is 29.5 Å². The number of benzene rings is 1. The summed E-state index contributed by atoms with van der Waals surface area (Å²) in [6, 6.07) is 11.8. The Balaban J connectivity index is 1.73. The number of hydrogen-bond donors (Lipinski definition) is 0. The molecular weight excluding hydrogens is 418 g/mol. The predicted octanol–water partition coefficient (Wildman–Crippen LogP) is 5.37. The molecular formula is C19H16BrNO2S2. The lowest BCUT2D eigenvalue weighted by Gasteiger charge is -2.35. The van der Waals surface area contributed by atoms with Crippen molar-refractivity contribution in [3.8, 4) is 5.75 Å². The second-order valence-electron chi connectivity index (χ2n) is 5.81. The number of methoxy groups -OCH3 is 1. The molecule has 3 heterocycles. The number of fused-ring (bicyclic) bond motifs is 1. The van der Waals surface area contributed by atoms with Crippen LogP contribution in [0.15, 0.2) is 51.6 Å². The molecule has 128 valence electrons. The van der Waals surface area contributed by atoms with E-state index in [1.165, 1.54) is 15.3 Å². The molecule has 0 fully saturated rings. The highest BCUT2D eigenvalue weighted by molar-refractivity contribution is 9.10. The molecule has 0 saturated carbocycles. The van der Waals surface area contributed by atoms with Gasteiger partial charge in [0.2, 0.25) is 0 Å². The zero-order valence-corrected chi connectivity index (χ0v) is 16.8. The fourth-order valence-electron chi connectivity index (χ4n) is 3.25. The van der Waals surface area contributed by atoms with Gasteiger partial charge in [-0.1, -0.05) is 6.07 Å². The van der Waals surface area contributed by atoms with Crippen LogP contribution in [0.25, 0.3) is 0 Å². The first-order valence-corrected chi connectivity index (χ1v) is 10.5. The minimum Gasteiger partial charge on any atom is -0.496 e. The number of ether oxygens (including phenoxy) is 1. The lowest BCUT2D eigenvalue weighted by molar-refractivity contribution is 0.0698. The molecule has 0 spiro atoms. The van der Waals surface area contributed by atoms with Crippen molar-refractivity contribution in [1.29, 1.82) is 0 Å². The number of halogens is 1. The van der Waals surface area contributed by atoms with Gasteiger partial charge in [-0.05, 0) is 69.0 Å². The fourth-order valence-corrected chi connectivity index (χ4v) is 5.55. The average Bonchev–Trinajstić information content (AvgIpc) is 3.31. The van der Waals surface area contributed by atoms with E-state index in [1.54, 1.807) is 29.8 Å². The van der Waals surface area contributed by atoms with Gasteiger partial charge in [0.05, 0.1) is 17.6 Å². The summed E-state index contributed by atoms with van der Waals surface area (Å²) in [6.45, 7) is 0.735. The van der Waals surface area contributed by atoms with E-state index in [2.05, 4.69) is 38.8 Å². The summed E-state index contributed by atoms with van der Waals surface area (Å²) >= 11 is 6.97. The van der Waals surface area contributed by atoms with Crippen molar-refractivity contribution in [2.75, 3.05) is 13.7 Å². The first kappa shape index (κ1) is 16.8.